The van der Waals surface area contributed by atoms with Crippen molar-refractivity contribution in [2.24, 2.45) is 40.9 Å². The lowest BCUT2D eigenvalue weighted by Gasteiger charge is -2.45. The summed E-state index contributed by atoms with van der Waals surface area (Å²) in [6, 6.07) is 0. The Balaban J connectivity index is 1.44. The molecule has 0 saturated heterocycles. The molecule has 9 unspecified atom stereocenters. The fourth-order valence-corrected chi connectivity index (χ4v) is 7.65. The van der Waals surface area contributed by atoms with Crippen LogP contribution in [0.15, 0.2) is 12.2 Å². The van der Waals surface area contributed by atoms with Crippen LogP contribution in [-0.2, 0) is 4.74 Å². The van der Waals surface area contributed by atoms with Gasteiger partial charge in [-0.15, -0.1) is 0 Å². The SMILES string of the molecule is C=C(C)C(O)OC1CC2CC1C13CC4CCC(C4C1)C23. The molecule has 5 aliphatic rings. The van der Waals surface area contributed by atoms with E-state index in [1.165, 1.54) is 38.5 Å². The van der Waals surface area contributed by atoms with Crippen molar-refractivity contribution in [1.82, 2.24) is 0 Å². The first kappa shape index (κ1) is 12.2. The fourth-order valence-electron chi connectivity index (χ4n) is 7.65. The lowest BCUT2D eigenvalue weighted by molar-refractivity contribution is -0.152. The predicted octanol–water partition coefficient (Wildman–Crippen LogP) is 3.36. The highest BCUT2D eigenvalue weighted by atomic mass is 16.6. The van der Waals surface area contributed by atoms with Crippen molar-refractivity contribution in [2.45, 2.75) is 57.8 Å². The molecule has 1 N–H and O–H groups in total. The molecule has 5 aliphatic carbocycles. The molecule has 1 spiro atoms. The Morgan fingerprint density at radius 3 is 2.85 bits per heavy atom. The number of fused-ring (bicyclic) bond motifs is 4. The van der Waals surface area contributed by atoms with Crippen LogP contribution in [0.5, 0.6) is 0 Å². The summed E-state index contributed by atoms with van der Waals surface area (Å²) in [7, 11) is 0. The van der Waals surface area contributed by atoms with E-state index in [-0.39, 0.29) is 0 Å². The Kier molecular flexibility index (Phi) is 2.26. The summed E-state index contributed by atoms with van der Waals surface area (Å²) in [6.07, 6.45) is 8.16. The second kappa shape index (κ2) is 3.70. The number of hydrogen-bond donors (Lipinski definition) is 1. The minimum Gasteiger partial charge on any atom is -0.364 e. The molecule has 2 nitrogen and oxygen atoms in total. The number of aliphatic hydroxyl groups is 1. The summed E-state index contributed by atoms with van der Waals surface area (Å²) in [5.41, 5.74) is 1.37. The van der Waals surface area contributed by atoms with Gasteiger partial charge < -0.3 is 9.84 Å². The summed E-state index contributed by atoms with van der Waals surface area (Å²) in [5, 5.41) is 10.0. The van der Waals surface area contributed by atoms with E-state index in [4.69, 9.17) is 4.74 Å². The molecule has 5 rings (SSSR count). The van der Waals surface area contributed by atoms with Gasteiger partial charge in [-0.05, 0) is 91.9 Å². The molecule has 0 heterocycles. The monoisotopic (exact) mass is 274 g/mol. The number of aliphatic hydroxyl groups excluding tert-OH is 1. The van der Waals surface area contributed by atoms with E-state index in [1.807, 2.05) is 6.92 Å². The van der Waals surface area contributed by atoms with Crippen LogP contribution in [0.3, 0.4) is 0 Å². The normalized spacial score (nSPS) is 59.2. The maximum atomic E-state index is 10.0. The summed E-state index contributed by atoms with van der Waals surface area (Å²) < 4.78 is 6.01. The van der Waals surface area contributed by atoms with Crippen LogP contribution >= 0.6 is 0 Å². The third-order valence-corrected chi connectivity index (χ3v) is 7.92. The molecule has 4 bridgehead atoms. The van der Waals surface area contributed by atoms with Crippen molar-refractivity contribution in [3.63, 3.8) is 0 Å². The van der Waals surface area contributed by atoms with Crippen LogP contribution in [-0.4, -0.2) is 17.5 Å². The van der Waals surface area contributed by atoms with Gasteiger partial charge in [-0.2, -0.15) is 0 Å². The molecule has 5 fully saturated rings. The molecule has 0 amide bonds. The predicted molar refractivity (Wildman–Crippen MR) is 76.8 cm³/mol. The summed E-state index contributed by atoms with van der Waals surface area (Å²) >= 11 is 0. The number of hydrogen-bond acceptors (Lipinski definition) is 2. The van der Waals surface area contributed by atoms with Gasteiger partial charge in [-0.25, -0.2) is 0 Å². The number of ether oxygens (including phenoxy) is 1. The van der Waals surface area contributed by atoms with Crippen LogP contribution in [0, 0.1) is 40.9 Å². The van der Waals surface area contributed by atoms with Gasteiger partial charge in [0.1, 0.15) is 0 Å². The van der Waals surface area contributed by atoms with Gasteiger partial charge in [0.05, 0.1) is 6.10 Å². The summed E-state index contributed by atoms with van der Waals surface area (Å²) in [6.45, 7) is 5.69. The topological polar surface area (TPSA) is 29.5 Å². The highest BCUT2D eigenvalue weighted by Crippen LogP contribution is 2.79. The molecule has 5 saturated carbocycles. The van der Waals surface area contributed by atoms with Crippen molar-refractivity contribution >= 4 is 0 Å². The van der Waals surface area contributed by atoms with E-state index in [0.29, 0.717) is 11.5 Å². The van der Waals surface area contributed by atoms with Crippen molar-refractivity contribution in [1.29, 1.82) is 0 Å². The van der Waals surface area contributed by atoms with Gasteiger partial charge in [-0.1, -0.05) is 6.58 Å². The highest BCUT2D eigenvalue weighted by Gasteiger charge is 2.74. The molecular weight excluding hydrogens is 248 g/mol. The third kappa shape index (κ3) is 1.25. The van der Waals surface area contributed by atoms with E-state index in [1.54, 1.807) is 0 Å². The van der Waals surface area contributed by atoms with Crippen LogP contribution in [0.25, 0.3) is 0 Å². The van der Waals surface area contributed by atoms with E-state index >= 15 is 0 Å². The van der Waals surface area contributed by atoms with Gasteiger partial charge >= 0.3 is 0 Å². The zero-order valence-electron chi connectivity index (χ0n) is 12.4. The highest BCUT2D eigenvalue weighted by molar-refractivity contribution is 5.22. The molecule has 2 heteroatoms. The molecule has 110 valence electrons. The Morgan fingerprint density at radius 2 is 2.05 bits per heavy atom. The zero-order valence-corrected chi connectivity index (χ0v) is 12.4. The Hall–Kier alpha value is -0.340. The molecular formula is C18H26O2. The lowest BCUT2D eigenvalue weighted by atomic mass is 9.62. The Bertz CT molecular complexity index is 468. The maximum absolute atomic E-state index is 10.0. The fraction of sp³-hybridized carbons (Fsp3) is 0.889. The average molecular weight is 274 g/mol. The first-order chi connectivity index (χ1) is 9.60. The molecule has 0 aromatic carbocycles. The van der Waals surface area contributed by atoms with Crippen molar-refractivity contribution in [3.8, 4) is 0 Å². The molecule has 20 heavy (non-hydrogen) atoms. The summed E-state index contributed by atoms with van der Waals surface area (Å²) in [4.78, 5) is 0. The lowest BCUT2D eigenvalue weighted by Crippen LogP contribution is -2.43. The molecule has 9 atom stereocenters. The van der Waals surface area contributed by atoms with Crippen LogP contribution in [0.4, 0.5) is 0 Å². The third-order valence-electron chi connectivity index (χ3n) is 7.92. The molecule has 0 aromatic heterocycles. The Labute approximate surface area is 121 Å². The Morgan fingerprint density at radius 1 is 1.20 bits per heavy atom. The first-order valence-electron chi connectivity index (χ1n) is 8.59. The quantitative estimate of drug-likeness (QED) is 0.631. The zero-order chi connectivity index (χ0) is 13.6. The van der Waals surface area contributed by atoms with E-state index in [0.717, 1.165) is 41.1 Å². The largest absolute Gasteiger partial charge is 0.364 e. The van der Waals surface area contributed by atoms with Gasteiger partial charge in [0.15, 0.2) is 6.29 Å². The second-order valence-electron chi connectivity index (χ2n) is 8.54. The standard InChI is InChI=1S/C18H26O2/c1-9(2)17(19)20-15-6-11-5-14(15)18-7-10-3-4-12(16(11)18)13(10)8-18/h10-17,19H,1,3-8H2,2H3. The molecule has 0 aliphatic heterocycles. The molecule has 0 radical (unpaired) electrons. The van der Waals surface area contributed by atoms with Gasteiger partial charge in [-0.3, -0.25) is 0 Å². The van der Waals surface area contributed by atoms with Crippen LogP contribution in [0.1, 0.15) is 45.4 Å². The van der Waals surface area contributed by atoms with E-state index in [9.17, 15) is 5.11 Å². The number of rotatable bonds is 3. The van der Waals surface area contributed by atoms with Gasteiger partial charge in [0.2, 0.25) is 0 Å². The van der Waals surface area contributed by atoms with Crippen LogP contribution in [0.2, 0.25) is 0 Å². The molecule has 0 aromatic rings. The minimum atomic E-state index is -0.746. The van der Waals surface area contributed by atoms with Crippen molar-refractivity contribution < 1.29 is 9.84 Å². The average Bonchev–Trinajstić information content (AvgIpc) is 3.11. The van der Waals surface area contributed by atoms with Crippen molar-refractivity contribution in [2.75, 3.05) is 0 Å². The van der Waals surface area contributed by atoms with Crippen LogP contribution < -0.4 is 0 Å². The van der Waals surface area contributed by atoms with Crippen molar-refractivity contribution in [3.05, 3.63) is 12.2 Å². The maximum Gasteiger partial charge on any atom is 0.176 e. The van der Waals surface area contributed by atoms with E-state index in [2.05, 4.69) is 6.58 Å². The van der Waals surface area contributed by atoms with E-state index < -0.39 is 6.29 Å². The smallest absolute Gasteiger partial charge is 0.176 e. The van der Waals surface area contributed by atoms with Gasteiger partial charge in [0, 0.05) is 0 Å². The summed E-state index contributed by atoms with van der Waals surface area (Å²) in [5.74, 6) is 5.84. The first-order valence-corrected chi connectivity index (χ1v) is 8.59. The second-order valence-corrected chi connectivity index (χ2v) is 8.54. The minimum absolute atomic E-state index is 0.305. The van der Waals surface area contributed by atoms with Gasteiger partial charge in [0.25, 0.3) is 0 Å².